The molecule has 1 aliphatic rings. The van der Waals surface area contributed by atoms with Crippen LogP contribution in [0.2, 0.25) is 0 Å². The van der Waals surface area contributed by atoms with Crippen LogP contribution in [0.3, 0.4) is 0 Å². The molecule has 6 nitrogen and oxygen atoms in total. The number of aryl methyl sites for hydroxylation is 1. The molecule has 1 unspecified atom stereocenters. The molecule has 1 aromatic heterocycles. The first-order valence-corrected chi connectivity index (χ1v) is 9.53. The van der Waals surface area contributed by atoms with Gasteiger partial charge in [-0.1, -0.05) is 0 Å². The van der Waals surface area contributed by atoms with Gasteiger partial charge in [0.15, 0.2) is 0 Å². The zero-order valence-electron chi connectivity index (χ0n) is 13.4. The van der Waals surface area contributed by atoms with Gasteiger partial charge in [0.05, 0.1) is 7.11 Å². The number of hydrogen-bond acceptors (Lipinski definition) is 6. The van der Waals surface area contributed by atoms with Crippen LogP contribution in [0.1, 0.15) is 35.0 Å². The van der Waals surface area contributed by atoms with Crippen molar-refractivity contribution in [3.8, 4) is 0 Å². The third-order valence-corrected chi connectivity index (χ3v) is 7.42. The van der Waals surface area contributed by atoms with Crippen LogP contribution in [-0.2, 0) is 14.8 Å². The van der Waals surface area contributed by atoms with Crippen LogP contribution in [0.5, 0.6) is 0 Å². The number of thiophene rings is 1. The van der Waals surface area contributed by atoms with Gasteiger partial charge < -0.3 is 10.5 Å². The van der Waals surface area contributed by atoms with E-state index in [4.69, 9.17) is 10.5 Å². The van der Waals surface area contributed by atoms with Crippen molar-refractivity contribution >= 4 is 39.7 Å². The summed E-state index contributed by atoms with van der Waals surface area (Å²) in [7, 11) is -2.43. The Bertz CT molecular complexity index is 650. The summed E-state index contributed by atoms with van der Waals surface area (Å²) in [5, 5.41) is 1.67. The van der Waals surface area contributed by atoms with Crippen molar-refractivity contribution in [1.29, 1.82) is 0 Å². The van der Waals surface area contributed by atoms with Crippen molar-refractivity contribution in [3.05, 3.63) is 15.8 Å². The lowest BCUT2D eigenvalue weighted by atomic mass is 9.92. The molecule has 1 atom stereocenters. The second-order valence-electron chi connectivity index (χ2n) is 5.67. The van der Waals surface area contributed by atoms with Crippen LogP contribution < -0.4 is 5.73 Å². The predicted octanol–water partition coefficient (Wildman–Crippen LogP) is 2.01. The van der Waals surface area contributed by atoms with Gasteiger partial charge in [-0.25, -0.2) is 13.2 Å². The van der Waals surface area contributed by atoms with Gasteiger partial charge >= 0.3 is 5.97 Å². The van der Waals surface area contributed by atoms with E-state index in [1.54, 1.807) is 12.3 Å². The van der Waals surface area contributed by atoms with Crippen molar-refractivity contribution in [1.82, 2.24) is 4.31 Å². The number of sulfonamides is 1. The second-order valence-corrected chi connectivity index (χ2v) is 8.42. The smallest absolute Gasteiger partial charge is 0.349 e. The SMILES string of the molecule is COC(=O)c1scc(C)c1S(=O)(=O)N1CCC(C(C)N)CC1.Cl. The van der Waals surface area contributed by atoms with Gasteiger partial charge in [0.25, 0.3) is 0 Å². The van der Waals surface area contributed by atoms with Crippen molar-refractivity contribution in [2.24, 2.45) is 11.7 Å². The first kappa shape index (κ1) is 20.4. The summed E-state index contributed by atoms with van der Waals surface area (Å²) in [6.45, 7) is 4.52. The summed E-state index contributed by atoms with van der Waals surface area (Å²) >= 11 is 1.10. The Hall–Kier alpha value is -0.670. The van der Waals surface area contributed by atoms with Crippen LogP contribution in [0.15, 0.2) is 10.3 Å². The van der Waals surface area contributed by atoms with E-state index in [9.17, 15) is 13.2 Å². The summed E-state index contributed by atoms with van der Waals surface area (Å²) < 4.78 is 31.9. The summed E-state index contributed by atoms with van der Waals surface area (Å²) in [4.78, 5) is 12.0. The lowest BCUT2D eigenvalue weighted by Crippen LogP contribution is -2.42. The molecule has 9 heteroatoms. The highest BCUT2D eigenvalue weighted by atomic mass is 35.5. The molecule has 0 radical (unpaired) electrons. The number of nitrogens with zero attached hydrogens (tertiary/aromatic N) is 1. The average Bonchev–Trinajstić information content (AvgIpc) is 2.89. The second kappa shape index (κ2) is 7.94. The molecule has 0 bridgehead atoms. The molecule has 2 heterocycles. The summed E-state index contributed by atoms with van der Waals surface area (Å²) in [6, 6.07) is 0.0679. The minimum Gasteiger partial charge on any atom is -0.465 e. The van der Waals surface area contributed by atoms with Gasteiger partial charge in [0.1, 0.15) is 9.77 Å². The van der Waals surface area contributed by atoms with E-state index in [0.717, 1.165) is 24.2 Å². The average molecular weight is 383 g/mol. The molecule has 0 aliphatic carbocycles. The van der Waals surface area contributed by atoms with Gasteiger partial charge in [-0.2, -0.15) is 4.31 Å². The molecular formula is C14H23ClN2O4S2. The Labute approximate surface area is 147 Å². The van der Waals surface area contributed by atoms with Gasteiger partial charge in [-0.05, 0) is 43.6 Å². The Morgan fingerprint density at radius 1 is 1.43 bits per heavy atom. The number of piperidine rings is 1. The quantitative estimate of drug-likeness (QED) is 0.804. The zero-order chi connectivity index (χ0) is 16.5. The van der Waals surface area contributed by atoms with Crippen LogP contribution in [0, 0.1) is 12.8 Å². The predicted molar refractivity (Wildman–Crippen MR) is 92.8 cm³/mol. The molecule has 0 spiro atoms. The maximum atomic E-state index is 12.9. The Balaban J connectivity index is 0.00000264. The lowest BCUT2D eigenvalue weighted by molar-refractivity contribution is 0.0602. The number of carbonyl (C=O) groups excluding carboxylic acids is 1. The molecule has 0 saturated carbocycles. The Morgan fingerprint density at radius 2 is 2.00 bits per heavy atom. The molecule has 1 aromatic rings. The normalized spacial score (nSPS) is 18.3. The van der Waals surface area contributed by atoms with E-state index in [1.807, 2.05) is 6.92 Å². The molecule has 1 saturated heterocycles. The van der Waals surface area contributed by atoms with Crippen LogP contribution in [-0.4, -0.2) is 44.9 Å². The van der Waals surface area contributed by atoms with E-state index < -0.39 is 16.0 Å². The number of hydrogen-bond donors (Lipinski definition) is 1. The summed E-state index contributed by atoms with van der Waals surface area (Å²) in [6.07, 6.45) is 1.49. The third kappa shape index (κ3) is 4.06. The molecular weight excluding hydrogens is 360 g/mol. The molecule has 132 valence electrons. The van der Waals surface area contributed by atoms with E-state index in [2.05, 4.69) is 0 Å². The third-order valence-electron chi connectivity index (χ3n) is 4.13. The van der Waals surface area contributed by atoms with E-state index in [1.165, 1.54) is 11.4 Å². The molecule has 0 aromatic carbocycles. The van der Waals surface area contributed by atoms with Crippen molar-refractivity contribution in [3.63, 3.8) is 0 Å². The Kier molecular flexibility index (Phi) is 7.03. The number of carbonyl (C=O) groups is 1. The van der Waals surface area contributed by atoms with E-state index in [0.29, 0.717) is 24.6 Å². The van der Waals surface area contributed by atoms with Gasteiger partial charge in [0.2, 0.25) is 10.0 Å². The number of rotatable bonds is 4. The van der Waals surface area contributed by atoms with Gasteiger partial charge in [-0.3, -0.25) is 0 Å². The number of ether oxygens (including phenoxy) is 1. The fraction of sp³-hybridized carbons (Fsp3) is 0.643. The number of nitrogens with two attached hydrogens (primary N) is 1. The standard InChI is InChI=1S/C14H22N2O4S2.ClH/c1-9-8-21-12(14(17)20-3)13(9)22(18,19)16-6-4-11(5-7-16)10(2)15;/h8,10-11H,4-7,15H2,1-3H3;1H. The largest absolute Gasteiger partial charge is 0.465 e. The maximum absolute atomic E-state index is 12.9. The van der Waals surface area contributed by atoms with Crippen molar-refractivity contribution in [2.45, 2.75) is 37.6 Å². The summed E-state index contributed by atoms with van der Waals surface area (Å²) in [5.74, 6) is -0.266. The van der Waals surface area contributed by atoms with Crippen LogP contribution >= 0.6 is 23.7 Å². The Morgan fingerprint density at radius 3 is 2.48 bits per heavy atom. The molecule has 1 fully saturated rings. The fourth-order valence-corrected chi connectivity index (χ4v) is 5.89. The van der Waals surface area contributed by atoms with Crippen LogP contribution in [0.25, 0.3) is 0 Å². The van der Waals surface area contributed by atoms with Crippen molar-refractivity contribution < 1.29 is 17.9 Å². The monoisotopic (exact) mass is 382 g/mol. The van der Waals surface area contributed by atoms with E-state index in [-0.39, 0.29) is 28.2 Å². The highest BCUT2D eigenvalue weighted by molar-refractivity contribution is 7.89. The topological polar surface area (TPSA) is 89.7 Å². The lowest BCUT2D eigenvalue weighted by Gasteiger charge is -2.33. The first-order valence-electron chi connectivity index (χ1n) is 7.21. The number of halogens is 1. The van der Waals surface area contributed by atoms with Gasteiger partial charge in [0, 0.05) is 19.1 Å². The minimum atomic E-state index is -3.68. The highest BCUT2D eigenvalue weighted by Crippen LogP contribution is 2.32. The fourth-order valence-electron chi connectivity index (χ4n) is 2.76. The zero-order valence-corrected chi connectivity index (χ0v) is 15.9. The first-order chi connectivity index (χ1) is 10.3. The van der Waals surface area contributed by atoms with Gasteiger partial charge in [-0.15, -0.1) is 23.7 Å². The molecule has 2 N–H and O–H groups in total. The van der Waals surface area contributed by atoms with E-state index >= 15 is 0 Å². The maximum Gasteiger partial charge on any atom is 0.349 e. The molecule has 1 aliphatic heterocycles. The summed E-state index contributed by atoms with van der Waals surface area (Å²) in [5.41, 5.74) is 6.48. The van der Waals surface area contributed by atoms with Crippen molar-refractivity contribution in [2.75, 3.05) is 20.2 Å². The highest BCUT2D eigenvalue weighted by Gasteiger charge is 2.35. The number of esters is 1. The molecule has 2 rings (SSSR count). The molecule has 0 amide bonds. The number of methoxy groups -OCH3 is 1. The minimum absolute atomic E-state index is 0. The molecule has 23 heavy (non-hydrogen) atoms. The van der Waals surface area contributed by atoms with Crippen LogP contribution in [0.4, 0.5) is 0 Å².